The minimum Gasteiger partial charge on any atom is -0.366 e. The Morgan fingerprint density at radius 3 is 2.59 bits per heavy atom. The lowest BCUT2D eigenvalue weighted by Gasteiger charge is -2.12. The second kappa shape index (κ2) is 8.36. The van der Waals surface area contributed by atoms with E-state index in [9.17, 15) is 9.59 Å². The number of nitrogens with one attached hydrogen (secondary N) is 1. The predicted molar refractivity (Wildman–Crippen MR) is 108 cm³/mol. The molecule has 3 rings (SSSR count). The zero-order valence-corrected chi connectivity index (χ0v) is 16.5. The first-order valence-corrected chi connectivity index (χ1v) is 10.1. The summed E-state index contributed by atoms with van der Waals surface area (Å²) < 4.78 is 2.00. The number of thioether (sulfide) groups is 1. The Morgan fingerprint density at radius 2 is 2.00 bits per heavy atom. The molecule has 2 aromatic heterocycles. The Bertz CT molecular complexity index is 935. The number of thiophene rings is 1. The van der Waals surface area contributed by atoms with E-state index >= 15 is 0 Å². The molecule has 27 heavy (non-hydrogen) atoms. The van der Waals surface area contributed by atoms with Gasteiger partial charge in [-0.05, 0) is 49.6 Å². The van der Waals surface area contributed by atoms with Crippen molar-refractivity contribution in [3.63, 3.8) is 0 Å². The molecule has 0 aliphatic rings. The maximum absolute atomic E-state index is 12.5. The highest BCUT2D eigenvalue weighted by Crippen LogP contribution is 2.29. The van der Waals surface area contributed by atoms with Gasteiger partial charge in [-0.3, -0.25) is 9.59 Å². The Balaban J connectivity index is 1.68. The number of anilines is 1. The molecular weight excluding hydrogens is 382 g/mol. The van der Waals surface area contributed by atoms with Crippen LogP contribution in [0, 0.1) is 0 Å². The number of carbonyl (C=O) groups is 2. The second-order valence-electron chi connectivity index (χ2n) is 5.72. The van der Waals surface area contributed by atoms with Gasteiger partial charge in [-0.25, -0.2) is 0 Å². The molecule has 0 aliphatic carbocycles. The molecule has 3 N–H and O–H groups in total. The molecule has 0 spiro atoms. The molecule has 2 amide bonds. The fraction of sp³-hybridized carbons (Fsp3) is 0.222. The van der Waals surface area contributed by atoms with Crippen LogP contribution in [-0.2, 0) is 11.3 Å². The summed E-state index contributed by atoms with van der Waals surface area (Å²) in [6.07, 6.45) is 0. The third-order valence-electron chi connectivity index (χ3n) is 3.86. The Hall–Kier alpha value is -2.65. The van der Waals surface area contributed by atoms with Crippen LogP contribution in [0.1, 0.15) is 24.2 Å². The molecular formula is C18H19N5O2S2. The average molecular weight is 402 g/mol. The van der Waals surface area contributed by atoms with Crippen LogP contribution in [0.2, 0.25) is 0 Å². The molecule has 0 radical (unpaired) electrons. The summed E-state index contributed by atoms with van der Waals surface area (Å²) in [4.78, 5) is 24.6. The lowest BCUT2D eigenvalue weighted by Crippen LogP contribution is -2.23. The summed E-state index contributed by atoms with van der Waals surface area (Å²) in [6.45, 7) is 4.55. The van der Waals surface area contributed by atoms with E-state index in [0.29, 0.717) is 23.0 Å². The van der Waals surface area contributed by atoms with Gasteiger partial charge in [0, 0.05) is 17.8 Å². The van der Waals surface area contributed by atoms with E-state index in [1.165, 1.54) is 11.8 Å². The molecule has 0 saturated carbocycles. The second-order valence-corrected chi connectivity index (χ2v) is 7.97. The summed E-state index contributed by atoms with van der Waals surface area (Å²) in [7, 11) is 0. The van der Waals surface area contributed by atoms with Crippen molar-refractivity contribution in [3.05, 3.63) is 47.3 Å². The van der Waals surface area contributed by atoms with Crippen LogP contribution in [0.5, 0.6) is 0 Å². The normalized spacial score (nSPS) is 11.9. The first-order chi connectivity index (χ1) is 13.0. The van der Waals surface area contributed by atoms with Gasteiger partial charge < -0.3 is 15.6 Å². The van der Waals surface area contributed by atoms with Gasteiger partial charge in [0.25, 0.3) is 0 Å². The van der Waals surface area contributed by atoms with Crippen LogP contribution in [0.4, 0.5) is 5.69 Å². The number of nitrogens with zero attached hydrogens (tertiary/aromatic N) is 3. The van der Waals surface area contributed by atoms with Crippen molar-refractivity contribution in [3.8, 4) is 10.7 Å². The number of aromatic nitrogens is 3. The van der Waals surface area contributed by atoms with Gasteiger partial charge in [0.05, 0.1) is 10.1 Å². The molecule has 7 nitrogen and oxygen atoms in total. The first kappa shape index (κ1) is 19.1. The van der Waals surface area contributed by atoms with Crippen molar-refractivity contribution in [1.82, 2.24) is 14.8 Å². The molecule has 140 valence electrons. The van der Waals surface area contributed by atoms with E-state index < -0.39 is 5.91 Å². The predicted octanol–water partition coefficient (Wildman–Crippen LogP) is 3.24. The summed E-state index contributed by atoms with van der Waals surface area (Å²) in [6, 6.07) is 10.4. The smallest absolute Gasteiger partial charge is 0.248 e. The summed E-state index contributed by atoms with van der Waals surface area (Å²) >= 11 is 2.96. The van der Waals surface area contributed by atoms with E-state index in [0.717, 1.165) is 10.7 Å². The zero-order valence-electron chi connectivity index (χ0n) is 14.9. The number of nitrogens with two attached hydrogens (primary N) is 1. The summed E-state index contributed by atoms with van der Waals surface area (Å²) in [5.41, 5.74) is 6.22. The molecule has 0 saturated heterocycles. The van der Waals surface area contributed by atoms with Crippen LogP contribution in [0.15, 0.2) is 46.9 Å². The highest BCUT2D eigenvalue weighted by molar-refractivity contribution is 8.00. The SMILES string of the molecule is CCn1c(S[C@H](C)C(=O)Nc2ccc(C(N)=O)cc2)nnc1-c1cccs1. The minimum absolute atomic E-state index is 0.157. The van der Waals surface area contributed by atoms with Gasteiger partial charge in [-0.2, -0.15) is 0 Å². The van der Waals surface area contributed by atoms with Crippen LogP contribution >= 0.6 is 23.1 Å². The average Bonchev–Trinajstić information content (AvgIpc) is 3.31. The standard InChI is InChI=1S/C18H19N5O2S2/c1-3-23-16(14-5-4-10-26-14)21-22-18(23)27-11(2)17(25)20-13-8-6-12(7-9-13)15(19)24/h4-11H,3H2,1-2H3,(H2,19,24)(H,20,25)/t11-/m1/s1. The highest BCUT2D eigenvalue weighted by atomic mass is 32.2. The first-order valence-electron chi connectivity index (χ1n) is 8.34. The van der Waals surface area contributed by atoms with E-state index in [-0.39, 0.29) is 11.2 Å². The number of hydrogen-bond donors (Lipinski definition) is 2. The van der Waals surface area contributed by atoms with E-state index in [4.69, 9.17) is 5.73 Å². The third-order valence-corrected chi connectivity index (χ3v) is 5.81. The van der Waals surface area contributed by atoms with Gasteiger partial charge in [0.2, 0.25) is 11.8 Å². The van der Waals surface area contributed by atoms with E-state index in [2.05, 4.69) is 15.5 Å². The van der Waals surface area contributed by atoms with E-state index in [1.54, 1.807) is 35.6 Å². The topological polar surface area (TPSA) is 103 Å². The number of rotatable bonds is 7. The van der Waals surface area contributed by atoms with Gasteiger partial charge in [-0.1, -0.05) is 17.8 Å². The van der Waals surface area contributed by atoms with Crippen LogP contribution in [0.25, 0.3) is 10.7 Å². The Kier molecular flexibility index (Phi) is 5.92. The highest BCUT2D eigenvalue weighted by Gasteiger charge is 2.20. The number of primary amides is 1. The van der Waals surface area contributed by atoms with E-state index in [1.807, 2.05) is 35.9 Å². The Morgan fingerprint density at radius 1 is 1.26 bits per heavy atom. The Labute approximate surface area is 165 Å². The molecule has 1 atom stereocenters. The molecule has 0 aliphatic heterocycles. The number of hydrogen-bond acceptors (Lipinski definition) is 6. The molecule has 0 bridgehead atoms. The van der Waals surface area contributed by atoms with Gasteiger partial charge in [0.1, 0.15) is 0 Å². The molecule has 9 heteroatoms. The molecule has 0 fully saturated rings. The zero-order chi connectivity index (χ0) is 19.4. The molecule has 3 aromatic rings. The maximum atomic E-state index is 12.5. The summed E-state index contributed by atoms with van der Waals surface area (Å²) in [5.74, 6) is 0.150. The van der Waals surface area contributed by atoms with Crippen molar-refractivity contribution >= 4 is 40.6 Å². The monoisotopic (exact) mass is 401 g/mol. The quantitative estimate of drug-likeness (QED) is 0.592. The van der Waals surface area contributed by atoms with Crippen molar-refractivity contribution in [1.29, 1.82) is 0 Å². The number of amides is 2. The summed E-state index contributed by atoms with van der Waals surface area (Å²) in [5, 5.41) is 13.7. The van der Waals surface area contributed by atoms with Crippen molar-refractivity contribution in [2.24, 2.45) is 5.73 Å². The lowest BCUT2D eigenvalue weighted by molar-refractivity contribution is -0.115. The van der Waals surface area contributed by atoms with Crippen molar-refractivity contribution in [2.45, 2.75) is 30.8 Å². The van der Waals surface area contributed by atoms with Crippen molar-refractivity contribution in [2.75, 3.05) is 5.32 Å². The van der Waals surface area contributed by atoms with Gasteiger partial charge in [0.15, 0.2) is 11.0 Å². The van der Waals surface area contributed by atoms with Crippen LogP contribution < -0.4 is 11.1 Å². The maximum Gasteiger partial charge on any atom is 0.248 e. The third kappa shape index (κ3) is 4.37. The largest absolute Gasteiger partial charge is 0.366 e. The minimum atomic E-state index is -0.503. The lowest BCUT2D eigenvalue weighted by atomic mass is 10.2. The number of carbonyl (C=O) groups excluding carboxylic acids is 2. The van der Waals surface area contributed by atoms with Gasteiger partial charge >= 0.3 is 0 Å². The van der Waals surface area contributed by atoms with Crippen molar-refractivity contribution < 1.29 is 9.59 Å². The molecule has 0 unspecified atom stereocenters. The fourth-order valence-electron chi connectivity index (χ4n) is 2.42. The van der Waals surface area contributed by atoms with Crippen LogP contribution in [-0.4, -0.2) is 31.8 Å². The fourth-order valence-corrected chi connectivity index (χ4v) is 4.05. The van der Waals surface area contributed by atoms with Gasteiger partial charge in [-0.15, -0.1) is 21.5 Å². The molecule has 1 aromatic carbocycles. The number of benzene rings is 1. The molecule has 2 heterocycles. The van der Waals surface area contributed by atoms with Crippen LogP contribution in [0.3, 0.4) is 0 Å².